The van der Waals surface area contributed by atoms with E-state index >= 15 is 0 Å². The van der Waals surface area contributed by atoms with Gasteiger partial charge in [0.15, 0.2) is 0 Å². The summed E-state index contributed by atoms with van der Waals surface area (Å²) in [6.07, 6.45) is 2.08. The van der Waals surface area contributed by atoms with Crippen LogP contribution in [0.2, 0.25) is 0 Å². The minimum absolute atomic E-state index is 0.00690. The molecule has 0 saturated carbocycles. The largest absolute Gasteiger partial charge is 0.481 e. The summed E-state index contributed by atoms with van der Waals surface area (Å²) >= 11 is 0. The molecule has 0 radical (unpaired) electrons. The molecule has 2 unspecified atom stereocenters. The molecule has 0 spiro atoms. The van der Waals surface area contributed by atoms with Crippen molar-refractivity contribution in [2.45, 2.75) is 38.4 Å². The minimum Gasteiger partial charge on any atom is -0.481 e. The predicted molar refractivity (Wildman–Crippen MR) is 75.8 cm³/mol. The molecule has 1 amide bonds. The third kappa shape index (κ3) is 2.66. The number of carbonyl (C=O) groups is 2. The average Bonchev–Trinajstić information content (AvgIpc) is 2.77. The standard InChI is InChI=1S/C15H24N2O4/c1-2-16-6-8-17(9-7-16)14(18)12-10-4-3-5-11(21-10)13(12)15(19)20/h10-13H,2-9H2,1H3,(H,19,20)/t10-,11+,12?,13?/m0/s1. The molecular formula is C15H24N2O4. The molecule has 1 N–H and O–H groups in total. The van der Waals surface area contributed by atoms with Gasteiger partial charge in [-0.15, -0.1) is 0 Å². The number of carboxylic acids is 1. The number of carboxylic acid groups (broad SMARTS) is 1. The molecule has 6 nitrogen and oxygen atoms in total. The fourth-order valence-electron chi connectivity index (χ4n) is 3.99. The van der Waals surface area contributed by atoms with E-state index in [-0.39, 0.29) is 18.1 Å². The molecule has 3 fully saturated rings. The third-order valence-corrected chi connectivity index (χ3v) is 5.22. The van der Waals surface area contributed by atoms with E-state index in [2.05, 4.69) is 11.8 Å². The summed E-state index contributed by atoms with van der Waals surface area (Å²) < 4.78 is 5.80. The molecule has 3 saturated heterocycles. The van der Waals surface area contributed by atoms with Gasteiger partial charge in [-0.3, -0.25) is 9.59 Å². The number of rotatable bonds is 3. The van der Waals surface area contributed by atoms with Crippen molar-refractivity contribution >= 4 is 11.9 Å². The zero-order chi connectivity index (χ0) is 15.0. The van der Waals surface area contributed by atoms with E-state index in [0.717, 1.165) is 38.9 Å². The van der Waals surface area contributed by atoms with Crippen LogP contribution in [0.3, 0.4) is 0 Å². The molecule has 0 aromatic heterocycles. The maximum absolute atomic E-state index is 12.8. The lowest BCUT2D eigenvalue weighted by Crippen LogP contribution is -2.52. The van der Waals surface area contributed by atoms with Gasteiger partial charge in [0.1, 0.15) is 0 Å². The second-order valence-electron chi connectivity index (χ2n) is 6.29. The van der Waals surface area contributed by atoms with Gasteiger partial charge in [0.2, 0.25) is 5.91 Å². The van der Waals surface area contributed by atoms with Crippen molar-refractivity contribution < 1.29 is 19.4 Å². The first-order valence-electron chi connectivity index (χ1n) is 8.01. The molecule has 4 atom stereocenters. The summed E-state index contributed by atoms with van der Waals surface area (Å²) in [6.45, 7) is 6.27. The normalized spacial score (nSPS) is 36.7. The first-order valence-corrected chi connectivity index (χ1v) is 8.01. The van der Waals surface area contributed by atoms with E-state index in [4.69, 9.17) is 4.74 Å². The zero-order valence-electron chi connectivity index (χ0n) is 12.5. The lowest BCUT2D eigenvalue weighted by atomic mass is 9.86. The van der Waals surface area contributed by atoms with Crippen LogP contribution in [0.15, 0.2) is 0 Å². The summed E-state index contributed by atoms with van der Waals surface area (Å²) in [7, 11) is 0. The fraction of sp³-hybridized carbons (Fsp3) is 0.867. The SMILES string of the molecule is CCN1CCN(C(=O)C2C(C(=O)O)[C@H]3CCC[C@@H]2O3)CC1. The number of ether oxygens (including phenoxy) is 1. The number of likely N-dealkylation sites (N-methyl/N-ethyl adjacent to an activating group) is 1. The summed E-state index contributed by atoms with van der Waals surface area (Å²) in [5, 5.41) is 9.50. The van der Waals surface area contributed by atoms with Crippen LogP contribution in [0.4, 0.5) is 0 Å². The molecule has 6 heteroatoms. The Bertz CT molecular complexity index is 420. The first kappa shape index (κ1) is 14.8. The number of hydrogen-bond donors (Lipinski definition) is 1. The lowest BCUT2D eigenvalue weighted by Gasteiger charge is -2.36. The molecule has 3 rings (SSSR count). The highest BCUT2D eigenvalue weighted by atomic mass is 16.5. The topological polar surface area (TPSA) is 70.1 Å². The lowest BCUT2D eigenvalue weighted by molar-refractivity contribution is -0.150. The average molecular weight is 296 g/mol. The quantitative estimate of drug-likeness (QED) is 0.817. The molecule has 3 aliphatic heterocycles. The van der Waals surface area contributed by atoms with E-state index in [0.29, 0.717) is 13.1 Å². The predicted octanol–water partition coefficient (Wildman–Crippen LogP) is 0.419. The molecular weight excluding hydrogens is 272 g/mol. The molecule has 118 valence electrons. The number of piperazine rings is 1. The van der Waals surface area contributed by atoms with Crippen LogP contribution in [0.1, 0.15) is 26.2 Å². The number of nitrogens with zero attached hydrogens (tertiary/aromatic N) is 2. The van der Waals surface area contributed by atoms with Gasteiger partial charge in [0, 0.05) is 26.2 Å². The first-order chi connectivity index (χ1) is 10.1. The molecule has 3 aliphatic rings. The number of hydrogen-bond acceptors (Lipinski definition) is 4. The molecule has 3 heterocycles. The highest BCUT2D eigenvalue weighted by Crippen LogP contribution is 2.42. The monoisotopic (exact) mass is 296 g/mol. The van der Waals surface area contributed by atoms with Gasteiger partial charge >= 0.3 is 5.97 Å². The second-order valence-corrected chi connectivity index (χ2v) is 6.29. The van der Waals surface area contributed by atoms with Crippen LogP contribution in [0, 0.1) is 11.8 Å². The Kier molecular flexibility index (Phi) is 4.17. The summed E-state index contributed by atoms with van der Waals surface area (Å²) in [6, 6.07) is 0. The Balaban J connectivity index is 1.72. The van der Waals surface area contributed by atoms with Crippen molar-refractivity contribution in [1.82, 2.24) is 9.80 Å². The van der Waals surface area contributed by atoms with Crippen molar-refractivity contribution in [3.8, 4) is 0 Å². The van der Waals surface area contributed by atoms with Crippen LogP contribution in [0.25, 0.3) is 0 Å². The van der Waals surface area contributed by atoms with Crippen LogP contribution >= 0.6 is 0 Å². The van der Waals surface area contributed by atoms with E-state index in [1.165, 1.54) is 0 Å². The van der Waals surface area contributed by atoms with Crippen LogP contribution in [0.5, 0.6) is 0 Å². The number of carbonyl (C=O) groups excluding carboxylic acids is 1. The molecule has 0 aromatic carbocycles. The van der Waals surface area contributed by atoms with E-state index in [1.54, 1.807) is 0 Å². The van der Waals surface area contributed by atoms with E-state index < -0.39 is 17.8 Å². The zero-order valence-corrected chi connectivity index (χ0v) is 12.5. The maximum atomic E-state index is 12.8. The Morgan fingerprint density at radius 2 is 1.71 bits per heavy atom. The maximum Gasteiger partial charge on any atom is 0.310 e. The Morgan fingerprint density at radius 1 is 1.10 bits per heavy atom. The van der Waals surface area contributed by atoms with E-state index in [1.807, 2.05) is 4.90 Å². The Labute approximate surface area is 125 Å². The van der Waals surface area contributed by atoms with Gasteiger partial charge in [-0.2, -0.15) is 0 Å². The highest BCUT2D eigenvalue weighted by Gasteiger charge is 2.54. The minimum atomic E-state index is -0.880. The Hall–Kier alpha value is -1.14. The second kappa shape index (κ2) is 5.93. The number of fused-ring (bicyclic) bond motifs is 2. The van der Waals surface area contributed by atoms with Gasteiger partial charge < -0.3 is 19.6 Å². The smallest absolute Gasteiger partial charge is 0.310 e. The summed E-state index contributed by atoms with van der Waals surface area (Å²) in [5.41, 5.74) is 0. The van der Waals surface area contributed by atoms with Crippen molar-refractivity contribution in [3.63, 3.8) is 0 Å². The fourth-order valence-corrected chi connectivity index (χ4v) is 3.99. The van der Waals surface area contributed by atoms with Crippen molar-refractivity contribution in [2.75, 3.05) is 32.7 Å². The van der Waals surface area contributed by atoms with Crippen LogP contribution in [-0.2, 0) is 14.3 Å². The van der Waals surface area contributed by atoms with Crippen molar-refractivity contribution in [2.24, 2.45) is 11.8 Å². The highest BCUT2D eigenvalue weighted by molar-refractivity contribution is 5.86. The van der Waals surface area contributed by atoms with Crippen molar-refractivity contribution in [3.05, 3.63) is 0 Å². The Morgan fingerprint density at radius 3 is 2.29 bits per heavy atom. The molecule has 21 heavy (non-hydrogen) atoms. The van der Waals surface area contributed by atoms with Crippen LogP contribution < -0.4 is 0 Å². The number of aliphatic carboxylic acids is 1. The van der Waals surface area contributed by atoms with Gasteiger partial charge in [-0.25, -0.2) is 0 Å². The van der Waals surface area contributed by atoms with E-state index in [9.17, 15) is 14.7 Å². The number of amides is 1. The van der Waals surface area contributed by atoms with Gasteiger partial charge in [-0.05, 0) is 25.8 Å². The molecule has 0 aromatic rings. The summed E-state index contributed by atoms with van der Waals surface area (Å²) in [5.74, 6) is -2.03. The molecule has 0 aliphatic carbocycles. The molecule has 2 bridgehead atoms. The van der Waals surface area contributed by atoms with Crippen molar-refractivity contribution in [1.29, 1.82) is 0 Å². The van der Waals surface area contributed by atoms with Crippen LogP contribution in [-0.4, -0.2) is 71.7 Å². The summed E-state index contributed by atoms with van der Waals surface area (Å²) in [4.78, 5) is 28.5. The van der Waals surface area contributed by atoms with Gasteiger partial charge in [0.25, 0.3) is 0 Å². The van der Waals surface area contributed by atoms with Gasteiger partial charge in [0.05, 0.1) is 24.0 Å². The third-order valence-electron chi connectivity index (χ3n) is 5.22. The van der Waals surface area contributed by atoms with Gasteiger partial charge in [-0.1, -0.05) is 6.92 Å².